The Labute approximate surface area is 75.1 Å². The van der Waals surface area contributed by atoms with Crippen molar-refractivity contribution >= 4 is 0 Å². The quantitative estimate of drug-likeness (QED) is 0.544. The molecule has 1 aliphatic rings. The molecule has 0 saturated heterocycles. The maximum atomic E-state index is 8.58. The predicted molar refractivity (Wildman–Crippen MR) is 50.5 cm³/mol. The largest absolute Gasteiger partial charge is 0.198 e. The van der Waals surface area contributed by atoms with Gasteiger partial charge in [-0.15, -0.1) is 0 Å². The molecule has 1 nitrogen and oxygen atoms in total. The average Bonchev–Trinajstić information content (AvgIpc) is 1.82. The Kier molecular flexibility index (Phi) is 2.57. The molecular formula is C11H17N. The van der Waals surface area contributed by atoms with E-state index in [1.165, 1.54) is 12.0 Å². The Hall–Kier alpha value is -0.770. The van der Waals surface area contributed by atoms with Gasteiger partial charge in [0.15, 0.2) is 0 Å². The van der Waals surface area contributed by atoms with Crippen LogP contribution in [0, 0.1) is 22.7 Å². The van der Waals surface area contributed by atoms with Crippen molar-refractivity contribution < 1.29 is 0 Å². The maximum Gasteiger partial charge on any atom is 0.0666 e. The van der Waals surface area contributed by atoms with Gasteiger partial charge in [0.25, 0.3) is 0 Å². The third-order valence-corrected chi connectivity index (χ3v) is 2.39. The highest BCUT2D eigenvalue weighted by Gasteiger charge is 2.24. The van der Waals surface area contributed by atoms with Crippen molar-refractivity contribution in [1.29, 1.82) is 5.26 Å². The van der Waals surface area contributed by atoms with E-state index in [1.54, 1.807) is 0 Å². The van der Waals surface area contributed by atoms with Crippen molar-refractivity contribution in [2.75, 3.05) is 0 Å². The molecule has 0 bridgehead atoms. The second-order valence-corrected chi connectivity index (χ2v) is 4.64. The molecule has 0 aromatic rings. The first-order chi connectivity index (χ1) is 5.53. The third-order valence-electron chi connectivity index (χ3n) is 2.39. The lowest BCUT2D eigenvalue weighted by Crippen LogP contribution is -2.19. The third kappa shape index (κ3) is 2.37. The van der Waals surface area contributed by atoms with Crippen molar-refractivity contribution in [3.05, 3.63) is 11.6 Å². The van der Waals surface area contributed by atoms with Crippen molar-refractivity contribution in [3.8, 4) is 6.07 Å². The summed E-state index contributed by atoms with van der Waals surface area (Å²) in [6, 6.07) is 2.23. The average molecular weight is 163 g/mol. The number of nitriles is 1. The van der Waals surface area contributed by atoms with E-state index in [9.17, 15) is 0 Å². The summed E-state index contributed by atoms with van der Waals surface area (Å²) in [5.74, 6) is 0.744. The van der Waals surface area contributed by atoms with Crippen molar-refractivity contribution in [3.63, 3.8) is 0 Å². The molecule has 0 N–H and O–H groups in total. The lowest BCUT2D eigenvalue weighted by molar-refractivity contribution is 0.321. The standard InChI is InChI=1S/C11H17N/c1-9-6-10(4-5-12)8-11(2,3)7-9/h8-9H,4,6-7H2,1-3H3. The normalized spacial score (nSPS) is 27.5. The predicted octanol–water partition coefficient (Wildman–Crippen LogP) is 3.28. The van der Waals surface area contributed by atoms with Gasteiger partial charge in [-0.05, 0) is 24.2 Å². The van der Waals surface area contributed by atoms with Crippen LogP contribution in [0.15, 0.2) is 11.6 Å². The lowest BCUT2D eigenvalue weighted by atomic mass is 9.74. The number of nitrogens with zero attached hydrogens (tertiary/aromatic N) is 1. The van der Waals surface area contributed by atoms with Crippen LogP contribution in [0.5, 0.6) is 0 Å². The molecule has 1 rings (SSSR count). The molecule has 0 aromatic heterocycles. The SMILES string of the molecule is CC1CC(CC#N)=CC(C)(C)C1. The van der Waals surface area contributed by atoms with E-state index in [-0.39, 0.29) is 0 Å². The molecule has 0 spiro atoms. The Morgan fingerprint density at radius 3 is 2.83 bits per heavy atom. The molecule has 0 aliphatic heterocycles. The van der Waals surface area contributed by atoms with Crippen LogP contribution in [-0.2, 0) is 0 Å². The van der Waals surface area contributed by atoms with Crippen LogP contribution in [0.25, 0.3) is 0 Å². The van der Waals surface area contributed by atoms with E-state index in [0.717, 1.165) is 12.3 Å². The second kappa shape index (κ2) is 3.31. The number of hydrogen-bond acceptors (Lipinski definition) is 1. The van der Waals surface area contributed by atoms with Gasteiger partial charge in [-0.25, -0.2) is 0 Å². The van der Waals surface area contributed by atoms with Gasteiger partial charge in [0.2, 0.25) is 0 Å². The van der Waals surface area contributed by atoms with Gasteiger partial charge < -0.3 is 0 Å². The summed E-state index contributed by atoms with van der Waals surface area (Å²) in [4.78, 5) is 0. The zero-order chi connectivity index (χ0) is 9.19. The van der Waals surface area contributed by atoms with Crippen LogP contribution in [0.4, 0.5) is 0 Å². The summed E-state index contributed by atoms with van der Waals surface area (Å²) in [5.41, 5.74) is 1.64. The van der Waals surface area contributed by atoms with Gasteiger partial charge in [0.1, 0.15) is 0 Å². The molecule has 1 atom stereocenters. The summed E-state index contributed by atoms with van der Waals surface area (Å²) in [6.07, 6.45) is 5.28. The fraction of sp³-hybridized carbons (Fsp3) is 0.727. The van der Waals surface area contributed by atoms with Gasteiger partial charge in [-0.2, -0.15) is 5.26 Å². The summed E-state index contributed by atoms with van der Waals surface area (Å²) in [7, 11) is 0. The number of rotatable bonds is 1. The minimum atomic E-state index is 0.309. The summed E-state index contributed by atoms with van der Waals surface area (Å²) < 4.78 is 0. The second-order valence-electron chi connectivity index (χ2n) is 4.64. The Balaban J connectivity index is 2.75. The minimum Gasteiger partial charge on any atom is -0.198 e. The van der Waals surface area contributed by atoms with Gasteiger partial charge in [0, 0.05) is 0 Å². The van der Waals surface area contributed by atoms with Crippen molar-refractivity contribution in [2.24, 2.45) is 11.3 Å². The van der Waals surface area contributed by atoms with Crippen LogP contribution in [-0.4, -0.2) is 0 Å². The summed E-state index contributed by atoms with van der Waals surface area (Å²) in [5, 5.41) is 8.58. The molecule has 0 heterocycles. The van der Waals surface area contributed by atoms with E-state index in [2.05, 4.69) is 32.9 Å². The fourth-order valence-corrected chi connectivity index (χ4v) is 2.31. The van der Waals surface area contributed by atoms with Crippen molar-refractivity contribution in [1.82, 2.24) is 0 Å². The van der Waals surface area contributed by atoms with Gasteiger partial charge in [-0.3, -0.25) is 0 Å². The first-order valence-corrected chi connectivity index (χ1v) is 4.61. The summed E-state index contributed by atoms with van der Waals surface area (Å²) in [6.45, 7) is 6.77. The monoisotopic (exact) mass is 163 g/mol. The number of hydrogen-bond donors (Lipinski definition) is 0. The smallest absolute Gasteiger partial charge is 0.0666 e. The van der Waals surface area contributed by atoms with E-state index in [0.29, 0.717) is 11.8 Å². The molecule has 0 radical (unpaired) electrons. The van der Waals surface area contributed by atoms with Crippen LogP contribution < -0.4 is 0 Å². The van der Waals surface area contributed by atoms with Gasteiger partial charge in [0.05, 0.1) is 12.5 Å². The summed E-state index contributed by atoms with van der Waals surface area (Å²) >= 11 is 0. The van der Waals surface area contributed by atoms with E-state index < -0.39 is 0 Å². The molecule has 12 heavy (non-hydrogen) atoms. The van der Waals surface area contributed by atoms with Crippen LogP contribution in [0.1, 0.15) is 40.0 Å². The maximum absolute atomic E-state index is 8.58. The molecule has 1 aliphatic carbocycles. The Morgan fingerprint density at radius 2 is 2.33 bits per heavy atom. The van der Waals surface area contributed by atoms with Crippen LogP contribution in [0.3, 0.4) is 0 Å². The highest BCUT2D eigenvalue weighted by Crippen LogP contribution is 2.37. The highest BCUT2D eigenvalue weighted by atomic mass is 14.3. The molecule has 0 fully saturated rings. The van der Waals surface area contributed by atoms with Crippen LogP contribution in [0.2, 0.25) is 0 Å². The van der Waals surface area contributed by atoms with Crippen molar-refractivity contribution in [2.45, 2.75) is 40.0 Å². The molecule has 0 saturated carbocycles. The Bertz CT molecular complexity index is 230. The fourth-order valence-electron chi connectivity index (χ4n) is 2.31. The molecule has 1 heteroatoms. The van der Waals surface area contributed by atoms with Gasteiger partial charge in [-0.1, -0.05) is 32.4 Å². The van der Waals surface area contributed by atoms with Crippen LogP contribution >= 0.6 is 0 Å². The first-order valence-electron chi connectivity index (χ1n) is 4.61. The topological polar surface area (TPSA) is 23.8 Å². The lowest BCUT2D eigenvalue weighted by Gasteiger charge is -2.31. The number of allylic oxidation sites excluding steroid dienone is 2. The van der Waals surface area contributed by atoms with Gasteiger partial charge >= 0.3 is 0 Å². The van der Waals surface area contributed by atoms with E-state index >= 15 is 0 Å². The minimum absolute atomic E-state index is 0.309. The van der Waals surface area contributed by atoms with E-state index in [1.807, 2.05) is 0 Å². The zero-order valence-corrected chi connectivity index (χ0v) is 8.22. The Morgan fingerprint density at radius 1 is 1.67 bits per heavy atom. The van der Waals surface area contributed by atoms with E-state index in [4.69, 9.17) is 5.26 Å². The molecule has 0 aromatic carbocycles. The highest BCUT2D eigenvalue weighted by molar-refractivity contribution is 5.16. The molecular weight excluding hydrogens is 146 g/mol. The first kappa shape index (κ1) is 9.32. The molecule has 0 amide bonds. The zero-order valence-electron chi connectivity index (χ0n) is 8.22. The molecule has 66 valence electrons. The molecule has 1 unspecified atom stereocenters.